The minimum atomic E-state index is -4.35. The topological polar surface area (TPSA) is 40.0 Å². The van der Waals surface area contributed by atoms with Gasteiger partial charge in [0.2, 0.25) is 5.96 Å². The average Bonchev–Trinajstić information content (AvgIpc) is 2.29. The third kappa shape index (κ3) is 4.18. The van der Waals surface area contributed by atoms with Gasteiger partial charge in [0.1, 0.15) is 0 Å². The van der Waals surface area contributed by atoms with Gasteiger partial charge in [-0.25, -0.2) is 9.98 Å². The molecule has 0 radical (unpaired) electrons. The molecule has 0 aromatic heterocycles. The second-order valence-corrected chi connectivity index (χ2v) is 3.63. The van der Waals surface area contributed by atoms with Gasteiger partial charge in [0.15, 0.2) is 0 Å². The summed E-state index contributed by atoms with van der Waals surface area (Å²) in [6, 6.07) is 0. The number of hydrogen-bond donors (Lipinski definition) is 1. The van der Waals surface area contributed by atoms with Gasteiger partial charge in [-0.2, -0.15) is 13.2 Å². The molecule has 0 aromatic carbocycles. The van der Waals surface area contributed by atoms with E-state index in [4.69, 9.17) is 0 Å². The molecule has 1 aliphatic heterocycles. The van der Waals surface area contributed by atoms with E-state index in [2.05, 4.69) is 22.0 Å². The van der Waals surface area contributed by atoms with Gasteiger partial charge in [0.25, 0.3) is 0 Å². The van der Waals surface area contributed by atoms with E-state index < -0.39 is 11.7 Å². The van der Waals surface area contributed by atoms with E-state index in [0.717, 1.165) is 26.2 Å². The first-order chi connectivity index (χ1) is 7.95. The Morgan fingerprint density at radius 3 is 2.41 bits per heavy atom. The van der Waals surface area contributed by atoms with Gasteiger partial charge in [0, 0.05) is 38.0 Å². The predicted molar refractivity (Wildman–Crippen MR) is 61.2 cm³/mol. The third-order valence-electron chi connectivity index (χ3n) is 2.36. The smallest absolute Gasteiger partial charge is 0.338 e. The fourth-order valence-electron chi connectivity index (χ4n) is 1.32. The van der Waals surface area contributed by atoms with Crippen LogP contribution in [0.3, 0.4) is 0 Å². The van der Waals surface area contributed by atoms with Crippen molar-refractivity contribution < 1.29 is 13.2 Å². The molecular formula is C10H15F3N4. The van der Waals surface area contributed by atoms with Crippen molar-refractivity contribution in [2.45, 2.75) is 13.1 Å². The Hall–Kier alpha value is -1.37. The van der Waals surface area contributed by atoms with Crippen molar-refractivity contribution in [1.82, 2.24) is 10.2 Å². The van der Waals surface area contributed by atoms with E-state index in [-0.39, 0.29) is 5.96 Å². The Morgan fingerprint density at radius 2 is 1.94 bits per heavy atom. The van der Waals surface area contributed by atoms with Crippen LogP contribution in [0.2, 0.25) is 0 Å². The second-order valence-electron chi connectivity index (χ2n) is 3.63. The van der Waals surface area contributed by atoms with Crippen LogP contribution >= 0.6 is 0 Å². The summed E-state index contributed by atoms with van der Waals surface area (Å²) < 4.78 is 36.7. The van der Waals surface area contributed by atoms with E-state index in [1.54, 1.807) is 4.90 Å². The molecule has 1 saturated heterocycles. The van der Waals surface area contributed by atoms with Crippen LogP contribution in [0, 0.1) is 0 Å². The van der Waals surface area contributed by atoms with Gasteiger partial charge >= 0.3 is 6.18 Å². The summed E-state index contributed by atoms with van der Waals surface area (Å²) in [7, 11) is 0. The maximum absolute atomic E-state index is 12.2. The molecule has 0 saturated carbocycles. The molecule has 96 valence electrons. The number of alkyl halides is 3. The Morgan fingerprint density at radius 1 is 1.35 bits per heavy atom. The molecule has 0 bridgehead atoms. The fraction of sp³-hybridized carbons (Fsp3) is 0.600. The molecule has 17 heavy (non-hydrogen) atoms. The molecule has 0 amide bonds. The van der Waals surface area contributed by atoms with Crippen LogP contribution in [-0.4, -0.2) is 49.9 Å². The predicted octanol–water partition coefficient (Wildman–Crippen LogP) is 1.41. The van der Waals surface area contributed by atoms with Gasteiger partial charge in [-0.1, -0.05) is 0 Å². The lowest BCUT2D eigenvalue weighted by molar-refractivity contribution is -0.0914. The number of piperazine rings is 1. The third-order valence-corrected chi connectivity index (χ3v) is 2.36. The highest BCUT2D eigenvalue weighted by Gasteiger charge is 2.30. The van der Waals surface area contributed by atoms with Crippen LogP contribution in [0.1, 0.15) is 6.92 Å². The van der Waals surface area contributed by atoms with E-state index in [0.29, 0.717) is 13.1 Å². The molecule has 7 heteroatoms. The largest absolute Gasteiger partial charge is 0.413 e. The van der Waals surface area contributed by atoms with E-state index >= 15 is 0 Å². The normalized spacial score (nSPS) is 19.4. The van der Waals surface area contributed by atoms with Crippen molar-refractivity contribution in [2.75, 3.05) is 26.2 Å². The molecular weight excluding hydrogens is 233 g/mol. The minimum Gasteiger partial charge on any atom is -0.338 e. The van der Waals surface area contributed by atoms with E-state index in [9.17, 15) is 13.2 Å². The Labute approximate surface area is 97.9 Å². The van der Waals surface area contributed by atoms with Crippen molar-refractivity contribution in [3.8, 4) is 0 Å². The van der Waals surface area contributed by atoms with E-state index in [1.807, 2.05) is 0 Å². The number of aliphatic imine (C=N–C) groups is 2. The maximum atomic E-state index is 12.2. The average molecular weight is 248 g/mol. The summed E-state index contributed by atoms with van der Waals surface area (Å²) in [4.78, 5) is 9.18. The first kappa shape index (κ1) is 13.7. The highest BCUT2D eigenvalue weighted by molar-refractivity contribution is 5.84. The lowest BCUT2D eigenvalue weighted by Crippen LogP contribution is -2.45. The lowest BCUT2D eigenvalue weighted by Gasteiger charge is -2.27. The number of rotatable bonds is 1. The molecule has 1 heterocycles. The van der Waals surface area contributed by atoms with Crippen molar-refractivity contribution in [2.24, 2.45) is 9.98 Å². The van der Waals surface area contributed by atoms with Crippen molar-refractivity contribution in [1.29, 1.82) is 0 Å². The monoisotopic (exact) mass is 248 g/mol. The maximum Gasteiger partial charge on any atom is 0.413 e. The van der Waals surface area contributed by atoms with Gasteiger partial charge in [-0.3, -0.25) is 0 Å². The zero-order valence-corrected chi connectivity index (χ0v) is 9.59. The molecule has 0 spiro atoms. The van der Waals surface area contributed by atoms with Gasteiger partial charge in [0.05, 0.1) is 0 Å². The zero-order valence-electron chi connectivity index (χ0n) is 9.59. The molecule has 0 aromatic rings. The minimum absolute atomic E-state index is 0.232. The quantitative estimate of drug-likeness (QED) is 0.563. The first-order valence-corrected chi connectivity index (χ1v) is 5.19. The molecule has 0 atom stereocenters. The fourth-order valence-corrected chi connectivity index (χ4v) is 1.32. The molecule has 4 nitrogen and oxygen atoms in total. The number of hydrogen-bond acceptors (Lipinski definition) is 2. The van der Waals surface area contributed by atoms with Crippen LogP contribution in [0.5, 0.6) is 0 Å². The van der Waals surface area contributed by atoms with Crippen LogP contribution in [0.15, 0.2) is 21.8 Å². The molecule has 0 unspecified atom stereocenters. The Balaban J connectivity index is 2.76. The van der Waals surface area contributed by atoms with Gasteiger partial charge in [-0.15, -0.1) is 0 Å². The van der Waals surface area contributed by atoms with Crippen molar-refractivity contribution in [3.05, 3.63) is 11.8 Å². The molecule has 1 rings (SSSR count). The summed E-state index contributed by atoms with van der Waals surface area (Å²) in [5.41, 5.74) is -0.756. The summed E-state index contributed by atoms with van der Waals surface area (Å²) in [5, 5.41) is 3.13. The van der Waals surface area contributed by atoms with Crippen molar-refractivity contribution >= 4 is 12.7 Å². The van der Waals surface area contributed by atoms with Crippen LogP contribution in [0.4, 0.5) is 13.2 Å². The zero-order chi connectivity index (χ0) is 12.9. The summed E-state index contributed by atoms with van der Waals surface area (Å²) in [6.07, 6.45) is -3.56. The molecule has 0 aliphatic carbocycles. The molecule has 1 fully saturated rings. The highest BCUT2D eigenvalue weighted by Crippen LogP contribution is 2.24. The summed E-state index contributed by atoms with van der Waals surface area (Å²) >= 11 is 0. The molecule has 1 aliphatic rings. The molecule has 1 N–H and O–H groups in total. The number of nitrogens with one attached hydrogen (secondary N) is 1. The SMILES string of the molecule is C=N/C(=N\C=C(/C)C(F)(F)F)N1CCNCC1. The van der Waals surface area contributed by atoms with Gasteiger partial charge in [-0.05, 0) is 13.6 Å². The number of nitrogens with zero attached hydrogens (tertiary/aromatic N) is 3. The van der Waals surface area contributed by atoms with Crippen LogP contribution in [0.25, 0.3) is 0 Å². The summed E-state index contributed by atoms with van der Waals surface area (Å²) in [6.45, 7) is 7.14. The van der Waals surface area contributed by atoms with E-state index in [1.165, 1.54) is 0 Å². The second kappa shape index (κ2) is 5.81. The highest BCUT2D eigenvalue weighted by atomic mass is 19.4. The first-order valence-electron chi connectivity index (χ1n) is 5.19. The number of allylic oxidation sites excluding steroid dienone is 1. The summed E-state index contributed by atoms with van der Waals surface area (Å²) in [5.74, 6) is 0.232. The van der Waals surface area contributed by atoms with Crippen LogP contribution in [-0.2, 0) is 0 Å². The number of halogens is 3. The Bertz CT molecular complexity index is 327. The van der Waals surface area contributed by atoms with Gasteiger partial charge < -0.3 is 10.2 Å². The lowest BCUT2D eigenvalue weighted by atomic mass is 10.3. The van der Waals surface area contributed by atoms with Crippen molar-refractivity contribution in [3.63, 3.8) is 0 Å². The van der Waals surface area contributed by atoms with Crippen LogP contribution < -0.4 is 5.32 Å². The Kier molecular flexibility index (Phi) is 4.68. The number of guanidine groups is 1. The standard InChI is InChI=1S/C10H15F3N4/c1-8(10(11,12)13)7-16-9(14-2)17-5-3-15-4-6-17/h7,15H,2-6H2,1H3/b8-7+,16-9+.